The first kappa shape index (κ1) is 11.7. The maximum atomic E-state index is 11.4. The lowest BCUT2D eigenvalue weighted by atomic mass is 10.2. The predicted molar refractivity (Wildman–Crippen MR) is 45.7 cm³/mol. The summed E-state index contributed by atoms with van der Waals surface area (Å²) in [6, 6.07) is 0. The smallest absolute Gasteiger partial charge is 0.293 e. The van der Waals surface area contributed by atoms with Gasteiger partial charge in [-0.3, -0.25) is 9.63 Å². The van der Waals surface area contributed by atoms with Gasteiger partial charge >= 0.3 is 0 Å². The largest absolute Gasteiger partial charge is 0.354 e. The van der Waals surface area contributed by atoms with Crippen LogP contribution >= 0.6 is 11.6 Å². The molecule has 0 aromatic carbocycles. The Labute approximate surface area is 77.3 Å². The van der Waals surface area contributed by atoms with Gasteiger partial charge < -0.3 is 4.74 Å². The number of carbonyl (C=O) groups excluding carboxylic acids is 1. The highest BCUT2D eigenvalue weighted by Gasteiger charge is 2.37. The number of amides is 1. The number of hydrogen-bond acceptors (Lipinski definition) is 3. The minimum Gasteiger partial charge on any atom is -0.354 e. The number of rotatable bonds is 4. The number of methoxy groups -OCH3 is 1. The van der Waals surface area contributed by atoms with Crippen molar-refractivity contribution >= 4 is 17.5 Å². The molecule has 0 aliphatic heterocycles. The first-order chi connectivity index (χ1) is 5.51. The van der Waals surface area contributed by atoms with Crippen LogP contribution < -0.4 is 0 Å². The number of hydrogen-bond donors (Lipinski definition) is 0. The van der Waals surface area contributed by atoms with Crippen molar-refractivity contribution in [3.63, 3.8) is 0 Å². The van der Waals surface area contributed by atoms with Gasteiger partial charge in [0.2, 0.25) is 5.06 Å². The Hall–Kier alpha value is -0.320. The molecule has 0 rings (SSSR count). The summed E-state index contributed by atoms with van der Waals surface area (Å²) in [4.78, 5) is 16.1. The molecule has 0 aromatic heterocycles. The summed E-state index contributed by atoms with van der Waals surface area (Å²) < 4.78 is 4.87. The van der Waals surface area contributed by atoms with Crippen LogP contribution in [-0.2, 0) is 14.4 Å². The first-order valence-corrected chi connectivity index (χ1v) is 3.96. The van der Waals surface area contributed by atoms with Gasteiger partial charge in [0.15, 0.2) is 0 Å². The standard InChI is InChI=1S/C7H14ClNO3/c1-5-7(8,11-3)6(10)9(2)12-4/h5H2,1-4H3. The van der Waals surface area contributed by atoms with Gasteiger partial charge in [-0.1, -0.05) is 18.5 Å². The van der Waals surface area contributed by atoms with E-state index < -0.39 is 11.0 Å². The zero-order valence-corrected chi connectivity index (χ0v) is 8.51. The van der Waals surface area contributed by atoms with E-state index in [1.165, 1.54) is 21.3 Å². The van der Waals surface area contributed by atoms with Crippen LogP contribution in [0, 0.1) is 0 Å². The van der Waals surface area contributed by atoms with Crippen LogP contribution in [0.1, 0.15) is 13.3 Å². The SMILES string of the molecule is CCC(Cl)(OC)C(=O)N(C)OC. The highest BCUT2D eigenvalue weighted by molar-refractivity contribution is 6.33. The molecule has 0 spiro atoms. The van der Waals surface area contributed by atoms with Gasteiger partial charge in [0.1, 0.15) is 0 Å². The van der Waals surface area contributed by atoms with E-state index in [4.69, 9.17) is 16.3 Å². The highest BCUT2D eigenvalue weighted by atomic mass is 35.5. The van der Waals surface area contributed by atoms with Crippen molar-refractivity contribution in [2.75, 3.05) is 21.3 Å². The number of alkyl halides is 1. The van der Waals surface area contributed by atoms with Gasteiger partial charge in [0.25, 0.3) is 5.91 Å². The molecule has 72 valence electrons. The molecule has 0 saturated carbocycles. The van der Waals surface area contributed by atoms with Gasteiger partial charge in [-0.15, -0.1) is 0 Å². The van der Waals surface area contributed by atoms with Crippen LogP contribution in [0.25, 0.3) is 0 Å². The lowest BCUT2D eigenvalue weighted by Crippen LogP contribution is -2.44. The summed E-state index contributed by atoms with van der Waals surface area (Å²) in [6.07, 6.45) is 0.386. The topological polar surface area (TPSA) is 38.8 Å². The average molecular weight is 196 g/mol. The van der Waals surface area contributed by atoms with Gasteiger partial charge in [-0.2, -0.15) is 0 Å². The zero-order chi connectivity index (χ0) is 9.78. The molecule has 0 aliphatic rings. The molecule has 0 aromatic rings. The number of ether oxygens (including phenoxy) is 1. The van der Waals surface area contributed by atoms with E-state index in [2.05, 4.69) is 4.84 Å². The number of nitrogens with zero attached hydrogens (tertiary/aromatic N) is 1. The fourth-order valence-corrected chi connectivity index (χ4v) is 0.820. The van der Waals surface area contributed by atoms with Crippen LogP contribution in [0.4, 0.5) is 0 Å². The van der Waals surface area contributed by atoms with E-state index in [1.54, 1.807) is 6.92 Å². The Morgan fingerprint density at radius 1 is 1.58 bits per heavy atom. The fraction of sp³-hybridized carbons (Fsp3) is 0.857. The zero-order valence-electron chi connectivity index (χ0n) is 7.76. The van der Waals surface area contributed by atoms with Crippen LogP contribution in [0.2, 0.25) is 0 Å². The quantitative estimate of drug-likeness (QED) is 0.496. The van der Waals surface area contributed by atoms with Gasteiger partial charge in [-0.05, 0) is 6.42 Å². The number of carbonyl (C=O) groups is 1. The molecule has 0 aliphatic carbocycles. The molecular weight excluding hydrogens is 182 g/mol. The third kappa shape index (κ3) is 2.33. The summed E-state index contributed by atoms with van der Waals surface area (Å²) in [5.74, 6) is -0.406. The number of hydroxylamine groups is 2. The maximum absolute atomic E-state index is 11.4. The molecule has 0 bridgehead atoms. The van der Waals surface area contributed by atoms with Crippen molar-refractivity contribution < 1.29 is 14.4 Å². The lowest BCUT2D eigenvalue weighted by Gasteiger charge is -2.26. The van der Waals surface area contributed by atoms with Crippen LogP contribution in [-0.4, -0.2) is 37.3 Å². The molecule has 1 amide bonds. The molecule has 0 fully saturated rings. The molecule has 0 radical (unpaired) electrons. The second kappa shape index (κ2) is 4.64. The Morgan fingerprint density at radius 2 is 2.08 bits per heavy atom. The average Bonchev–Trinajstić information content (AvgIpc) is 2.14. The van der Waals surface area contributed by atoms with E-state index in [9.17, 15) is 4.79 Å². The third-order valence-corrected chi connectivity index (χ3v) is 2.24. The Morgan fingerprint density at radius 3 is 2.33 bits per heavy atom. The Bertz CT molecular complexity index is 159. The first-order valence-electron chi connectivity index (χ1n) is 3.58. The monoisotopic (exact) mass is 195 g/mol. The van der Waals surface area contributed by atoms with Crippen molar-refractivity contribution in [2.24, 2.45) is 0 Å². The van der Waals surface area contributed by atoms with Crippen molar-refractivity contribution in [1.29, 1.82) is 0 Å². The molecule has 5 heteroatoms. The van der Waals surface area contributed by atoms with E-state index in [1.807, 2.05) is 0 Å². The summed E-state index contributed by atoms with van der Waals surface area (Å²) in [6.45, 7) is 1.76. The molecule has 1 unspecified atom stereocenters. The molecule has 0 N–H and O–H groups in total. The normalized spacial score (nSPS) is 15.4. The van der Waals surface area contributed by atoms with E-state index in [0.29, 0.717) is 6.42 Å². The van der Waals surface area contributed by atoms with Crippen molar-refractivity contribution in [2.45, 2.75) is 18.4 Å². The second-order valence-electron chi connectivity index (χ2n) is 2.27. The van der Waals surface area contributed by atoms with E-state index >= 15 is 0 Å². The minimum atomic E-state index is -1.30. The highest BCUT2D eigenvalue weighted by Crippen LogP contribution is 2.22. The molecule has 4 nitrogen and oxygen atoms in total. The Balaban J connectivity index is 4.41. The van der Waals surface area contributed by atoms with Crippen LogP contribution in [0.3, 0.4) is 0 Å². The lowest BCUT2D eigenvalue weighted by molar-refractivity contribution is -0.183. The van der Waals surface area contributed by atoms with Crippen molar-refractivity contribution in [3.05, 3.63) is 0 Å². The number of halogens is 1. The van der Waals surface area contributed by atoms with Crippen molar-refractivity contribution in [3.8, 4) is 0 Å². The summed E-state index contributed by atoms with van der Waals surface area (Å²) in [5, 5.41) is -0.259. The molecule has 0 heterocycles. The third-order valence-electron chi connectivity index (χ3n) is 1.66. The maximum Gasteiger partial charge on any atom is 0.293 e. The number of likely N-dealkylation sites (N-methyl/N-ethyl adjacent to an activating group) is 1. The van der Waals surface area contributed by atoms with Crippen LogP contribution in [0.15, 0.2) is 0 Å². The molecule has 0 saturated heterocycles. The van der Waals surface area contributed by atoms with Crippen LogP contribution in [0.5, 0.6) is 0 Å². The minimum absolute atomic E-state index is 0.386. The molecular formula is C7H14ClNO3. The second-order valence-corrected chi connectivity index (χ2v) is 2.88. The van der Waals surface area contributed by atoms with Gasteiger partial charge in [-0.25, -0.2) is 5.06 Å². The summed E-state index contributed by atoms with van der Waals surface area (Å²) >= 11 is 5.84. The fourth-order valence-electron chi connectivity index (χ4n) is 0.701. The predicted octanol–water partition coefficient (Wildman–Crippen LogP) is 0.998. The van der Waals surface area contributed by atoms with Gasteiger partial charge in [0, 0.05) is 14.2 Å². The van der Waals surface area contributed by atoms with E-state index in [-0.39, 0.29) is 0 Å². The molecule has 1 atom stereocenters. The Kier molecular flexibility index (Phi) is 4.52. The molecule has 12 heavy (non-hydrogen) atoms. The van der Waals surface area contributed by atoms with Crippen molar-refractivity contribution in [1.82, 2.24) is 5.06 Å². The van der Waals surface area contributed by atoms with E-state index in [0.717, 1.165) is 5.06 Å². The summed E-state index contributed by atoms with van der Waals surface area (Å²) in [5.41, 5.74) is 0. The van der Waals surface area contributed by atoms with Gasteiger partial charge in [0.05, 0.1) is 7.11 Å². The summed E-state index contributed by atoms with van der Waals surface area (Å²) in [7, 11) is 4.26.